The summed E-state index contributed by atoms with van der Waals surface area (Å²) in [7, 11) is 0. The number of hydrogen-bond acceptors (Lipinski definition) is 3. The molecule has 0 saturated carbocycles. The van der Waals surface area contributed by atoms with Crippen LogP contribution in [0.3, 0.4) is 0 Å². The van der Waals surface area contributed by atoms with E-state index in [1.165, 1.54) is 77.0 Å². The molecule has 0 aliphatic carbocycles. The molecule has 0 radical (unpaired) electrons. The molecule has 0 aromatic carbocycles. The summed E-state index contributed by atoms with van der Waals surface area (Å²) < 4.78 is 5.68. The summed E-state index contributed by atoms with van der Waals surface area (Å²) in [6, 6.07) is 0. The number of carboxylic acid groups (broad SMARTS) is 1. The molecule has 0 spiro atoms. The van der Waals surface area contributed by atoms with E-state index < -0.39 is 5.97 Å². The van der Waals surface area contributed by atoms with Gasteiger partial charge in [0.15, 0.2) is 0 Å². The fraction of sp³-hybridized carbons (Fsp3) is 0.862. The molecule has 0 fully saturated rings. The number of carbonyl (C=O) groups is 2. The quantitative estimate of drug-likeness (QED) is 0.0827. The van der Waals surface area contributed by atoms with Gasteiger partial charge in [-0.15, -0.1) is 0 Å². The predicted molar refractivity (Wildman–Crippen MR) is 140 cm³/mol. The van der Waals surface area contributed by atoms with E-state index in [4.69, 9.17) is 9.84 Å². The van der Waals surface area contributed by atoms with E-state index in [1.54, 1.807) is 0 Å². The Morgan fingerprint density at radius 3 is 1.73 bits per heavy atom. The molecule has 1 atom stereocenters. The van der Waals surface area contributed by atoms with Crippen molar-refractivity contribution in [1.82, 2.24) is 0 Å². The first-order chi connectivity index (χ1) is 16.1. The lowest BCUT2D eigenvalue weighted by Crippen LogP contribution is -2.18. The van der Waals surface area contributed by atoms with Gasteiger partial charge in [0, 0.05) is 12.8 Å². The van der Waals surface area contributed by atoms with Crippen molar-refractivity contribution in [3.63, 3.8) is 0 Å². The summed E-state index contributed by atoms with van der Waals surface area (Å²) in [5, 5.41) is 8.69. The van der Waals surface area contributed by atoms with Crippen LogP contribution in [0.2, 0.25) is 0 Å². The molecule has 0 aromatic heterocycles. The van der Waals surface area contributed by atoms with E-state index in [1.807, 2.05) is 0 Å². The van der Waals surface area contributed by atoms with Crippen molar-refractivity contribution in [2.24, 2.45) is 0 Å². The molecule has 0 aromatic rings. The minimum atomic E-state index is -0.734. The lowest BCUT2D eigenvalue weighted by molar-refractivity contribution is -0.150. The Morgan fingerprint density at radius 2 is 1.15 bits per heavy atom. The Morgan fingerprint density at radius 1 is 0.636 bits per heavy atom. The van der Waals surface area contributed by atoms with Crippen molar-refractivity contribution in [3.8, 4) is 0 Å². The highest BCUT2D eigenvalue weighted by Gasteiger charge is 2.13. The molecule has 1 unspecified atom stereocenters. The van der Waals surface area contributed by atoms with Gasteiger partial charge in [0.05, 0.1) is 0 Å². The standard InChI is InChI=1S/C29H54O4/c1-3-5-6-7-8-9-10-11-12-13-14-15-16-17-18-22-26-29(32)33-27(23-4-2)24-20-19-21-25-28(30)31/h12-13,27H,3-11,14-26H2,1-2H3,(H,30,31)/b13-12-. The van der Waals surface area contributed by atoms with Gasteiger partial charge in [-0.1, -0.05) is 96.6 Å². The highest BCUT2D eigenvalue weighted by molar-refractivity contribution is 5.69. The third-order valence-corrected chi connectivity index (χ3v) is 6.22. The summed E-state index contributed by atoms with van der Waals surface area (Å²) in [6.45, 7) is 4.38. The molecule has 0 amide bonds. The summed E-state index contributed by atoms with van der Waals surface area (Å²) in [4.78, 5) is 22.7. The van der Waals surface area contributed by atoms with E-state index in [0.29, 0.717) is 12.8 Å². The van der Waals surface area contributed by atoms with Crippen LogP contribution in [0.1, 0.15) is 155 Å². The molecule has 0 aliphatic heterocycles. The number of esters is 1. The number of allylic oxidation sites excluding steroid dienone is 2. The molecule has 0 bridgehead atoms. The van der Waals surface area contributed by atoms with Crippen LogP contribution in [0.25, 0.3) is 0 Å². The van der Waals surface area contributed by atoms with E-state index in [0.717, 1.165) is 44.9 Å². The minimum absolute atomic E-state index is 0.000160. The van der Waals surface area contributed by atoms with Crippen molar-refractivity contribution >= 4 is 11.9 Å². The van der Waals surface area contributed by atoms with Crippen molar-refractivity contribution in [1.29, 1.82) is 0 Å². The SMILES string of the molecule is CCCCCCCCC/C=C\CCCCCCCC(=O)OC(CCC)CCCCCC(=O)O. The highest BCUT2D eigenvalue weighted by atomic mass is 16.5. The van der Waals surface area contributed by atoms with Gasteiger partial charge in [-0.25, -0.2) is 0 Å². The van der Waals surface area contributed by atoms with Crippen LogP contribution < -0.4 is 0 Å². The summed E-state index contributed by atoms with van der Waals surface area (Å²) >= 11 is 0. The summed E-state index contributed by atoms with van der Waals surface area (Å²) in [5.74, 6) is -0.797. The average molecular weight is 467 g/mol. The normalized spacial score (nSPS) is 12.3. The van der Waals surface area contributed by atoms with Crippen LogP contribution >= 0.6 is 0 Å². The predicted octanol–water partition coefficient (Wildman–Crippen LogP) is 9.16. The van der Waals surface area contributed by atoms with Crippen LogP contribution in [0, 0.1) is 0 Å². The van der Waals surface area contributed by atoms with Crippen molar-refractivity contribution in [2.45, 2.75) is 161 Å². The monoisotopic (exact) mass is 466 g/mol. The number of unbranched alkanes of at least 4 members (excludes halogenated alkanes) is 14. The number of hydrogen-bond donors (Lipinski definition) is 1. The Labute approximate surface area is 204 Å². The second-order valence-electron chi connectivity index (χ2n) is 9.58. The van der Waals surface area contributed by atoms with Crippen molar-refractivity contribution in [2.75, 3.05) is 0 Å². The fourth-order valence-electron chi connectivity index (χ4n) is 4.17. The molecule has 194 valence electrons. The van der Waals surface area contributed by atoms with Crippen LogP contribution in [-0.4, -0.2) is 23.1 Å². The maximum Gasteiger partial charge on any atom is 0.306 e. The zero-order valence-corrected chi connectivity index (χ0v) is 22.0. The Balaban J connectivity index is 3.55. The van der Waals surface area contributed by atoms with Gasteiger partial charge in [-0.2, -0.15) is 0 Å². The van der Waals surface area contributed by atoms with Gasteiger partial charge in [-0.05, 0) is 57.8 Å². The number of ether oxygens (including phenoxy) is 1. The van der Waals surface area contributed by atoms with Crippen LogP contribution in [-0.2, 0) is 14.3 Å². The van der Waals surface area contributed by atoms with E-state index in [-0.39, 0.29) is 18.5 Å². The lowest BCUT2D eigenvalue weighted by Gasteiger charge is -2.17. The zero-order valence-electron chi connectivity index (χ0n) is 22.0. The van der Waals surface area contributed by atoms with Crippen LogP contribution in [0.5, 0.6) is 0 Å². The number of aliphatic carboxylic acids is 1. The molecule has 33 heavy (non-hydrogen) atoms. The molecule has 0 aliphatic rings. The number of carboxylic acids is 1. The first-order valence-electron chi connectivity index (χ1n) is 14.2. The Bertz CT molecular complexity index is 472. The Hall–Kier alpha value is -1.32. The topological polar surface area (TPSA) is 63.6 Å². The summed E-state index contributed by atoms with van der Waals surface area (Å²) in [6.07, 6.45) is 28.5. The molecule has 0 heterocycles. The van der Waals surface area contributed by atoms with Gasteiger partial charge in [-0.3, -0.25) is 9.59 Å². The van der Waals surface area contributed by atoms with Gasteiger partial charge in [0.1, 0.15) is 6.10 Å². The van der Waals surface area contributed by atoms with E-state index in [9.17, 15) is 9.59 Å². The first kappa shape index (κ1) is 31.7. The highest BCUT2D eigenvalue weighted by Crippen LogP contribution is 2.15. The maximum atomic E-state index is 12.1. The molecule has 1 N–H and O–H groups in total. The third kappa shape index (κ3) is 25.1. The van der Waals surface area contributed by atoms with E-state index >= 15 is 0 Å². The minimum Gasteiger partial charge on any atom is -0.481 e. The summed E-state index contributed by atoms with van der Waals surface area (Å²) in [5.41, 5.74) is 0. The van der Waals surface area contributed by atoms with Gasteiger partial charge in [0.25, 0.3) is 0 Å². The third-order valence-electron chi connectivity index (χ3n) is 6.22. The first-order valence-corrected chi connectivity index (χ1v) is 14.2. The van der Waals surface area contributed by atoms with Crippen LogP contribution in [0.4, 0.5) is 0 Å². The smallest absolute Gasteiger partial charge is 0.306 e. The van der Waals surface area contributed by atoms with E-state index in [2.05, 4.69) is 26.0 Å². The van der Waals surface area contributed by atoms with Gasteiger partial charge >= 0.3 is 11.9 Å². The molecule has 0 saturated heterocycles. The van der Waals surface area contributed by atoms with Crippen LogP contribution in [0.15, 0.2) is 12.2 Å². The molecule has 0 rings (SSSR count). The lowest BCUT2D eigenvalue weighted by atomic mass is 10.1. The molecule has 4 nitrogen and oxygen atoms in total. The second-order valence-corrected chi connectivity index (χ2v) is 9.58. The maximum absolute atomic E-state index is 12.1. The Kier molecular flexibility index (Phi) is 24.3. The number of rotatable bonds is 25. The fourth-order valence-corrected chi connectivity index (χ4v) is 4.17. The average Bonchev–Trinajstić information content (AvgIpc) is 2.78. The molecular formula is C29H54O4. The molecule has 4 heteroatoms. The van der Waals surface area contributed by atoms with Crippen molar-refractivity contribution in [3.05, 3.63) is 12.2 Å². The zero-order chi connectivity index (χ0) is 24.4. The van der Waals surface area contributed by atoms with Gasteiger partial charge in [0.2, 0.25) is 0 Å². The molecular weight excluding hydrogens is 412 g/mol. The second kappa shape index (κ2) is 25.3. The largest absolute Gasteiger partial charge is 0.481 e. The van der Waals surface area contributed by atoms with Gasteiger partial charge < -0.3 is 9.84 Å². The van der Waals surface area contributed by atoms with Crippen molar-refractivity contribution < 1.29 is 19.4 Å². The number of carbonyl (C=O) groups excluding carboxylic acids is 1.